The molecule has 2 aromatic carbocycles. The maximum Gasteiger partial charge on any atom is 0.301 e. The van der Waals surface area contributed by atoms with Crippen molar-refractivity contribution in [3.8, 4) is 5.75 Å². The first-order valence-corrected chi connectivity index (χ1v) is 12.8. The topological polar surface area (TPSA) is 102 Å². The Morgan fingerprint density at radius 3 is 2.64 bits per heavy atom. The Morgan fingerprint density at radius 1 is 1.15 bits per heavy atom. The number of aryl methyl sites for hydroxylation is 1. The number of nitrogens with one attached hydrogen (secondary N) is 2. The van der Waals surface area contributed by atoms with Gasteiger partial charge in [-0.3, -0.25) is 4.79 Å². The normalized spacial score (nSPS) is 11.6. The summed E-state index contributed by atoms with van der Waals surface area (Å²) in [7, 11) is -3.91. The smallest absolute Gasteiger partial charge is 0.301 e. The van der Waals surface area contributed by atoms with Crippen LogP contribution in [0.15, 0.2) is 36.4 Å². The zero-order valence-corrected chi connectivity index (χ0v) is 20.6. The second kappa shape index (κ2) is 11.0. The molecule has 0 unspecified atom stereocenters. The van der Waals surface area contributed by atoms with E-state index in [1.54, 1.807) is 25.1 Å². The maximum absolute atomic E-state index is 12.5. The maximum atomic E-state index is 12.5. The highest BCUT2D eigenvalue weighted by Gasteiger charge is 2.17. The number of hydrogen-bond donors (Lipinski definition) is 2. The van der Waals surface area contributed by atoms with E-state index in [-0.39, 0.29) is 12.1 Å². The molecule has 33 heavy (non-hydrogen) atoms. The Bertz CT molecular complexity index is 1240. The fourth-order valence-corrected chi connectivity index (χ4v) is 4.49. The van der Waals surface area contributed by atoms with Gasteiger partial charge in [-0.05, 0) is 49.2 Å². The first-order valence-electron chi connectivity index (χ1n) is 10.9. The molecule has 0 aliphatic rings. The molecule has 0 radical (unpaired) electrons. The molecule has 3 aromatic rings. The lowest BCUT2D eigenvalue weighted by atomic mass is 10.1. The standard InChI is InChI=1S/C23H29ClN4O4S/c1-4-6-7-12-32-19-10-8-18(20(24)14-19)15-28-16(3)26-21-11-9-17(13-22(21)28)23(29)27-33(30,31)25-5-2/h8-11,13-14,25H,4-7,12,15H2,1-3H3,(H,27,29). The van der Waals surface area contributed by atoms with Crippen molar-refractivity contribution >= 4 is 38.8 Å². The van der Waals surface area contributed by atoms with Crippen LogP contribution in [0.2, 0.25) is 5.02 Å². The van der Waals surface area contributed by atoms with Crippen LogP contribution in [0.5, 0.6) is 5.75 Å². The minimum Gasteiger partial charge on any atom is -0.494 e. The first-order chi connectivity index (χ1) is 15.7. The largest absolute Gasteiger partial charge is 0.494 e. The van der Waals surface area contributed by atoms with Gasteiger partial charge in [0.25, 0.3) is 5.91 Å². The van der Waals surface area contributed by atoms with Crippen LogP contribution in [0.1, 0.15) is 54.9 Å². The molecule has 3 rings (SSSR count). The summed E-state index contributed by atoms with van der Waals surface area (Å²) >= 11 is 6.52. The van der Waals surface area contributed by atoms with Gasteiger partial charge in [-0.25, -0.2) is 9.71 Å². The van der Waals surface area contributed by atoms with Gasteiger partial charge in [-0.15, -0.1) is 0 Å². The third-order valence-corrected chi connectivity index (χ3v) is 6.61. The second-order valence-corrected chi connectivity index (χ2v) is 9.60. The van der Waals surface area contributed by atoms with Crippen molar-refractivity contribution in [2.75, 3.05) is 13.2 Å². The van der Waals surface area contributed by atoms with Gasteiger partial charge in [0.05, 0.1) is 24.2 Å². The van der Waals surface area contributed by atoms with E-state index >= 15 is 0 Å². The van der Waals surface area contributed by atoms with Crippen molar-refractivity contribution < 1.29 is 17.9 Å². The summed E-state index contributed by atoms with van der Waals surface area (Å²) in [5, 5.41) is 0.579. The minimum atomic E-state index is -3.91. The Balaban J connectivity index is 1.83. The molecule has 0 fully saturated rings. The van der Waals surface area contributed by atoms with Gasteiger partial charge < -0.3 is 9.30 Å². The number of nitrogens with zero attached hydrogens (tertiary/aromatic N) is 2. The van der Waals surface area contributed by atoms with Gasteiger partial charge in [0, 0.05) is 17.1 Å². The Kier molecular flexibility index (Phi) is 8.34. The number of hydrogen-bond acceptors (Lipinski definition) is 5. The van der Waals surface area contributed by atoms with E-state index in [2.05, 4.69) is 16.6 Å². The summed E-state index contributed by atoms with van der Waals surface area (Å²) in [6, 6.07) is 10.5. The van der Waals surface area contributed by atoms with Crippen LogP contribution >= 0.6 is 11.6 Å². The number of rotatable bonds is 11. The average Bonchev–Trinajstić information content (AvgIpc) is 3.07. The molecule has 178 valence electrons. The van der Waals surface area contributed by atoms with Crippen molar-refractivity contribution in [2.24, 2.45) is 0 Å². The number of amides is 1. The molecule has 0 atom stereocenters. The van der Waals surface area contributed by atoms with Crippen LogP contribution in [0.25, 0.3) is 11.0 Å². The van der Waals surface area contributed by atoms with Crippen LogP contribution in [0.4, 0.5) is 0 Å². The van der Waals surface area contributed by atoms with E-state index in [0.717, 1.165) is 36.4 Å². The molecule has 10 heteroatoms. The van der Waals surface area contributed by atoms with Gasteiger partial charge >= 0.3 is 10.2 Å². The zero-order valence-electron chi connectivity index (χ0n) is 19.0. The molecule has 8 nitrogen and oxygen atoms in total. The van der Waals surface area contributed by atoms with E-state index < -0.39 is 16.1 Å². The third kappa shape index (κ3) is 6.46. The van der Waals surface area contributed by atoms with Crippen LogP contribution in [-0.4, -0.2) is 37.0 Å². The van der Waals surface area contributed by atoms with Crippen LogP contribution < -0.4 is 14.2 Å². The number of ether oxygens (including phenoxy) is 1. The zero-order chi connectivity index (χ0) is 24.0. The molecule has 1 amide bonds. The number of aromatic nitrogens is 2. The molecule has 0 aliphatic carbocycles. The van der Waals surface area contributed by atoms with Crippen molar-refractivity contribution in [1.82, 2.24) is 19.0 Å². The van der Waals surface area contributed by atoms with E-state index in [1.165, 1.54) is 0 Å². The molecule has 0 aliphatic heterocycles. The van der Waals surface area contributed by atoms with Crippen molar-refractivity contribution in [3.05, 3.63) is 58.4 Å². The minimum absolute atomic E-state index is 0.178. The summed E-state index contributed by atoms with van der Waals surface area (Å²) in [6.07, 6.45) is 3.26. The van der Waals surface area contributed by atoms with Gasteiger partial charge in [-0.1, -0.05) is 44.4 Å². The van der Waals surface area contributed by atoms with E-state index in [4.69, 9.17) is 16.3 Å². The summed E-state index contributed by atoms with van der Waals surface area (Å²) < 4.78 is 35.7. The fraction of sp³-hybridized carbons (Fsp3) is 0.391. The number of fused-ring (bicyclic) bond motifs is 1. The molecule has 0 saturated carbocycles. The fourth-order valence-electron chi connectivity index (χ4n) is 3.45. The Hall–Kier alpha value is -2.62. The summed E-state index contributed by atoms with van der Waals surface area (Å²) in [5.74, 6) is 0.762. The van der Waals surface area contributed by atoms with Gasteiger partial charge in [0.2, 0.25) is 0 Å². The SMILES string of the molecule is CCCCCOc1ccc(Cn2c(C)nc3ccc(C(=O)NS(=O)(=O)NCC)cc32)c(Cl)c1. The molecular formula is C23H29ClN4O4S. The third-order valence-electron chi connectivity index (χ3n) is 5.13. The lowest BCUT2D eigenvalue weighted by molar-refractivity contribution is 0.0981. The van der Waals surface area contributed by atoms with E-state index in [9.17, 15) is 13.2 Å². The Labute approximate surface area is 199 Å². The number of carbonyl (C=O) groups is 1. The van der Waals surface area contributed by atoms with Crippen LogP contribution in [0.3, 0.4) is 0 Å². The molecular weight excluding hydrogens is 464 g/mol. The average molecular weight is 493 g/mol. The highest BCUT2D eigenvalue weighted by molar-refractivity contribution is 7.88. The lowest BCUT2D eigenvalue weighted by Gasteiger charge is -2.12. The number of imidazole rings is 1. The summed E-state index contributed by atoms with van der Waals surface area (Å²) in [6.45, 7) is 6.92. The van der Waals surface area contributed by atoms with Crippen molar-refractivity contribution in [3.63, 3.8) is 0 Å². The number of unbranched alkanes of at least 4 members (excludes halogenated alkanes) is 2. The van der Waals surface area contributed by atoms with Gasteiger partial charge in [0.1, 0.15) is 11.6 Å². The first kappa shape index (κ1) is 25.0. The highest BCUT2D eigenvalue weighted by atomic mass is 35.5. The van der Waals surface area contributed by atoms with Crippen LogP contribution in [0, 0.1) is 6.92 Å². The predicted octanol–water partition coefficient (Wildman–Crippen LogP) is 4.20. The molecule has 1 aromatic heterocycles. The van der Waals surface area contributed by atoms with Gasteiger partial charge in [0.15, 0.2) is 0 Å². The quantitative estimate of drug-likeness (QED) is 0.390. The Morgan fingerprint density at radius 2 is 1.94 bits per heavy atom. The monoisotopic (exact) mass is 492 g/mol. The molecule has 2 N–H and O–H groups in total. The number of carbonyl (C=O) groups excluding carboxylic acids is 1. The van der Waals surface area contributed by atoms with Gasteiger partial charge in [-0.2, -0.15) is 13.1 Å². The second-order valence-electron chi connectivity index (χ2n) is 7.69. The lowest BCUT2D eigenvalue weighted by Crippen LogP contribution is -2.40. The predicted molar refractivity (Wildman–Crippen MR) is 130 cm³/mol. The summed E-state index contributed by atoms with van der Waals surface area (Å²) in [4.78, 5) is 17.0. The molecule has 1 heterocycles. The number of benzene rings is 2. The van der Waals surface area contributed by atoms with E-state index in [0.29, 0.717) is 29.2 Å². The van der Waals surface area contributed by atoms with Crippen LogP contribution in [-0.2, 0) is 16.8 Å². The summed E-state index contributed by atoms with van der Waals surface area (Å²) in [5.41, 5.74) is 2.50. The molecule has 0 spiro atoms. The highest BCUT2D eigenvalue weighted by Crippen LogP contribution is 2.26. The van der Waals surface area contributed by atoms with Crippen molar-refractivity contribution in [2.45, 2.75) is 46.6 Å². The number of halogens is 1. The molecule has 0 saturated heterocycles. The van der Waals surface area contributed by atoms with E-state index in [1.807, 2.05) is 34.4 Å². The van der Waals surface area contributed by atoms with Crippen molar-refractivity contribution in [1.29, 1.82) is 0 Å². The molecule has 0 bridgehead atoms.